The van der Waals surface area contributed by atoms with Gasteiger partial charge >= 0.3 is 0 Å². The lowest BCUT2D eigenvalue weighted by Gasteiger charge is -2.09. The highest BCUT2D eigenvalue weighted by Gasteiger charge is 2.21. The molecule has 130 valence electrons. The third kappa shape index (κ3) is 4.30. The number of nitrogens with two attached hydrogens (primary N) is 1. The molecule has 0 spiro atoms. The second kappa shape index (κ2) is 7.85. The molecular weight excluding hydrogens is 354 g/mol. The van der Waals surface area contributed by atoms with E-state index in [-0.39, 0.29) is 5.91 Å². The quantitative estimate of drug-likeness (QED) is 0.615. The van der Waals surface area contributed by atoms with Gasteiger partial charge in [0.05, 0.1) is 5.56 Å². The Balaban J connectivity index is 1.58. The van der Waals surface area contributed by atoms with Crippen LogP contribution in [0.2, 0.25) is 0 Å². The normalized spacial score (nSPS) is 13.1. The lowest BCUT2D eigenvalue weighted by Crippen LogP contribution is -2.12. The molecule has 1 amide bonds. The molecule has 0 radical (unpaired) electrons. The van der Waals surface area contributed by atoms with Crippen molar-refractivity contribution in [3.63, 3.8) is 0 Å². The molecule has 3 rings (SSSR count). The van der Waals surface area contributed by atoms with Crippen LogP contribution >= 0.6 is 23.1 Å². The van der Waals surface area contributed by atoms with Gasteiger partial charge in [-0.1, -0.05) is 11.8 Å². The number of aryl methyl sites for hydroxylation is 2. The van der Waals surface area contributed by atoms with Crippen LogP contribution in [0.5, 0.6) is 0 Å². The maximum atomic E-state index is 12.2. The van der Waals surface area contributed by atoms with E-state index in [4.69, 9.17) is 5.73 Å². The Morgan fingerprint density at radius 1 is 1.44 bits per heavy atom. The molecular formula is C17H19N5OS2. The second-order valence-corrected chi connectivity index (χ2v) is 8.06. The lowest BCUT2D eigenvalue weighted by atomic mass is 9.96. The zero-order valence-electron chi connectivity index (χ0n) is 14.0. The highest BCUT2D eigenvalue weighted by molar-refractivity contribution is 7.99. The van der Waals surface area contributed by atoms with Crippen LogP contribution in [0.4, 0.5) is 10.8 Å². The molecule has 2 heterocycles. The fourth-order valence-corrected chi connectivity index (χ4v) is 4.93. The van der Waals surface area contributed by atoms with Crippen LogP contribution in [0.25, 0.3) is 0 Å². The third-order valence-electron chi connectivity index (χ3n) is 3.95. The molecule has 0 bridgehead atoms. The zero-order valence-corrected chi connectivity index (χ0v) is 15.6. The summed E-state index contributed by atoms with van der Waals surface area (Å²) in [7, 11) is 0. The first-order chi connectivity index (χ1) is 12.1. The van der Waals surface area contributed by atoms with Gasteiger partial charge in [0, 0.05) is 28.8 Å². The van der Waals surface area contributed by atoms with Crippen LogP contribution in [0.1, 0.15) is 41.0 Å². The molecule has 0 saturated heterocycles. The summed E-state index contributed by atoms with van der Waals surface area (Å²) in [5, 5.41) is 13.6. The van der Waals surface area contributed by atoms with Gasteiger partial charge in [0.25, 0.3) is 0 Å². The smallest absolute Gasteiger partial charge is 0.225 e. The van der Waals surface area contributed by atoms with Crippen molar-refractivity contribution in [3.05, 3.63) is 27.8 Å². The summed E-state index contributed by atoms with van der Waals surface area (Å²) in [6, 6.07) is 3.97. The Morgan fingerprint density at radius 3 is 3.00 bits per heavy atom. The van der Waals surface area contributed by atoms with Gasteiger partial charge in [-0.25, -0.2) is 9.97 Å². The van der Waals surface area contributed by atoms with E-state index in [0.29, 0.717) is 33.7 Å². The molecule has 6 nitrogen and oxygen atoms in total. The highest BCUT2D eigenvalue weighted by Crippen LogP contribution is 2.37. The maximum absolute atomic E-state index is 12.2. The number of hydrogen-bond donors (Lipinski definition) is 2. The second-order valence-electron chi connectivity index (χ2n) is 5.89. The number of anilines is 2. The number of nitrogens with zero attached hydrogens (tertiary/aromatic N) is 3. The number of hydrogen-bond acceptors (Lipinski definition) is 7. The summed E-state index contributed by atoms with van der Waals surface area (Å²) in [5.41, 5.74) is 8.29. The van der Waals surface area contributed by atoms with Gasteiger partial charge in [-0.2, -0.15) is 5.26 Å². The number of rotatable bonds is 5. The van der Waals surface area contributed by atoms with E-state index < -0.39 is 0 Å². The van der Waals surface area contributed by atoms with Crippen molar-refractivity contribution in [1.82, 2.24) is 9.97 Å². The summed E-state index contributed by atoms with van der Waals surface area (Å²) in [5.74, 6) is 0.896. The number of thioether (sulfide) groups is 1. The molecule has 0 saturated carbocycles. The van der Waals surface area contributed by atoms with Crippen molar-refractivity contribution in [1.29, 1.82) is 5.26 Å². The number of carbonyl (C=O) groups excluding carboxylic acids is 1. The average molecular weight is 374 g/mol. The molecule has 2 aromatic heterocycles. The Kier molecular flexibility index (Phi) is 5.56. The first kappa shape index (κ1) is 17.7. The number of nitrogens with one attached hydrogen (secondary N) is 1. The number of thiophene rings is 1. The van der Waals surface area contributed by atoms with Gasteiger partial charge in [0.15, 0.2) is 5.16 Å². The van der Waals surface area contributed by atoms with Crippen molar-refractivity contribution in [2.45, 2.75) is 44.2 Å². The minimum Gasteiger partial charge on any atom is -0.384 e. The van der Waals surface area contributed by atoms with E-state index in [0.717, 1.165) is 36.9 Å². The fraction of sp³-hybridized carbons (Fsp3) is 0.412. The van der Waals surface area contributed by atoms with E-state index in [2.05, 4.69) is 21.4 Å². The summed E-state index contributed by atoms with van der Waals surface area (Å²) in [6.45, 7) is 1.86. The fourth-order valence-electron chi connectivity index (χ4n) is 2.83. The Labute approximate surface area is 154 Å². The summed E-state index contributed by atoms with van der Waals surface area (Å²) < 4.78 is 0. The number of aromatic nitrogens is 2. The molecule has 8 heteroatoms. The van der Waals surface area contributed by atoms with E-state index in [1.54, 1.807) is 17.4 Å². The third-order valence-corrected chi connectivity index (χ3v) is 6.01. The van der Waals surface area contributed by atoms with Gasteiger partial charge in [0.2, 0.25) is 5.91 Å². The molecule has 3 N–H and O–H groups in total. The minimum atomic E-state index is -0.0942. The van der Waals surface area contributed by atoms with Crippen molar-refractivity contribution >= 4 is 39.8 Å². The molecule has 2 aromatic rings. The van der Waals surface area contributed by atoms with Crippen LogP contribution in [0, 0.1) is 18.3 Å². The van der Waals surface area contributed by atoms with Crippen LogP contribution in [0.3, 0.4) is 0 Å². The lowest BCUT2D eigenvalue weighted by molar-refractivity contribution is -0.115. The average Bonchev–Trinajstić information content (AvgIpc) is 2.90. The predicted molar refractivity (Wildman–Crippen MR) is 101 cm³/mol. The topological polar surface area (TPSA) is 105 Å². The van der Waals surface area contributed by atoms with Crippen molar-refractivity contribution in [2.75, 3.05) is 16.8 Å². The molecule has 0 fully saturated rings. The van der Waals surface area contributed by atoms with E-state index >= 15 is 0 Å². The number of nitrogen functional groups attached to an aromatic ring is 1. The predicted octanol–water partition coefficient (Wildman–Crippen LogP) is 3.30. The van der Waals surface area contributed by atoms with Crippen molar-refractivity contribution in [3.8, 4) is 6.07 Å². The maximum Gasteiger partial charge on any atom is 0.225 e. The molecule has 1 aliphatic carbocycles. The summed E-state index contributed by atoms with van der Waals surface area (Å²) in [4.78, 5) is 21.9. The standard InChI is InChI=1S/C17H19N5OS2/c1-10-8-14(19)21-17(20-10)24-7-6-15(23)22-16-12(9-18)11-4-2-3-5-13(11)25-16/h8H,2-7H2,1H3,(H,22,23)(H2,19,20,21). The van der Waals surface area contributed by atoms with Crippen LogP contribution < -0.4 is 11.1 Å². The van der Waals surface area contributed by atoms with Crippen molar-refractivity contribution < 1.29 is 4.79 Å². The molecule has 0 unspecified atom stereocenters. The highest BCUT2D eigenvalue weighted by atomic mass is 32.2. The van der Waals surface area contributed by atoms with Crippen molar-refractivity contribution in [2.24, 2.45) is 0 Å². The minimum absolute atomic E-state index is 0.0942. The number of nitriles is 1. The van der Waals surface area contributed by atoms with E-state index in [9.17, 15) is 10.1 Å². The van der Waals surface area contributed by atoms with Crippen LogP contribution in [-0.2, 0) is 17.6 Å². The summed E-state index contributed by atoms with van der Waals surface area (Å²) in [6.07, 6.45) is 4.54. The van der Waals surface area contributed by atoms with E-state index in [1.165, 1.54) is 16.6 Å². The van der Waals surface area contributed by atoms with Gasteiger partial charge in [0.1, 0.15) is 16.9 Å². The number of carbonyl (C=O) groups is 1. The Bertz CT molecular complexity index is 820. The first-order valence-electron chi connectivity index (χ1n) is 8.15. The first-order valence-corrected chi connectivity index (χ1v) is 9.95. The van der Waals surface area contributed by atoms with Gasteiger partial charge in [-0.15, -0.1) is 11.3 Å². The van der Waals surface area contributed by atoms with Crippen LogP contribution in [-0.4, -0.2) is 21.6 Å². The summed E-state index contributed by atoms with van der Waals surface area (Å²) >= 11 is 2.95. The van der Waals surface area contributed by atoms with Crippen LogP contribution in [0.15, 0.2) is 11.2 Å². The zero-order chi connectivity index (χ0) is 17.8. The Morgan fingerprint density at radius 2 is 2.24 bits per heavy atom. The van der Waals surface area contributed by atoms with Gasteiger partial charge in [-0.3, -0.25) is 4.79 Å². The number of fused-ring (bicyclic) bond motifs is 1. The molecule has 1 aliphatic rings. The van der Waals surface area contributed by atoms with Gasteiger partial charge < -0.3 is 11.1 Å². The van der Waals surface area contributed by atoms with Gasteiger partial charge in [-0.05, 0) is 38.2 Å². The molecule has 0 aromatic carbocycles. The Hall–Kier alpha value is -2.11. The van der Waals surface area contributed by atoms with E-state index in [1.807, 2.05) is 6.92 Å². The molecule has 0 aliphatic heterocycles. The number of amides is 1. The molecule has 0 atom stereocenters. The monoisotopic (exact) mass is 373 g/mol. The SMILES string of the molecule is Cc1cc(N)nc(SCCC(=O)Nc2sc3c(c2C#N)CCCC3)n1. The largest absolute Gasteiger partial charge is 0.384 e. The molecule has 25 heavy (non-hydrogen) atoms.